The van der Waals surface area contributed by atoms with Gasteiger partial charge in [-0.25, -0.2) is 4.39 Å². The first-order valence-corrected chi connectivity index (χ1v) is 6.38. The maximum atomic E-state index is 12.9. The number of rotatable bonds is 4. The zero-order chi connectivity index (χ0) is 13.8. The summed E-state index contributed by atoms with van der Waals surface area (Å²) in [5.74, 6) is -0.206. The Hall–Kier alpha value is -1.87. The molecule has 1 atom stereocenters. The van der Waals surface area contributed by atoms with Gasteiger partial charge in [0.25, 0.3) is 0 Å². The molecule has 3 heteroatoms. The van der Waals surface area contributed by atoms with Crippen LogP contribution in [-0.2, 0) is 6.54 Å². The second-order valence-corrected chi connectivity index (χ2v) is 4.83. The summed E-state index contributed by atoms with van der Waals surface area (Å²) in [6.07, 6.45) is 0. The largest absolute Gasteiger partial charge is 0.370 e. The van der Waals surface area contributed by atoms with E-state index in [0.717, 1.165) is 23.4 Å². The highest BCUT2D eigenvalue weighted by Crippen LogP contribution is 2.25. The normalized spacial score (nSPS) is 12.2. The molecule has 2 aromatic rings. The third kappa shape index (κ3) is 3.32. The van der Waals surface area contributed by atoms with Crippen LogP contribution in [0.2, 0.25) is 0 Å². The van der Waals surface area contributed by atoms with Crippen LogP contribution in [0.25, 0.3) is 0 Å². The zero-order valence-corrected chi connectivity index (χ0v) is 11.3. The minimum absolute atomic E-state index is 0.00753. The Morgan fingerprint density at radius 2 is 1.74 bits per heavy atom. The molecule has 0 aliphatic heterocycles. The summed E-state index contributed by atoms with van der Waals surface area (Å²) in [7, 11) is 2.02. The van der Waals surface area contributed by atoms with Crippen molar-refractivity contribution in [3.05, 3.63) is 65.5 Å². The fourth-order valence-corrected chi connectivity index (χ4v) is 2.17. The Morgan fingerprint density at radius 3 is 2.37 bits per heavy atom. The Balaban J connectivity index is 2.20. The van der Waals surface area contributed by atoms with Gasteiger partial charge >= 0.3 is 0 Å². The molecule has 0 bridgehead atoms. The molecule has 0 aromatic heterocycles. The van der Waals surface area contributed by atoms with Crippen molar-refractivity contribution in [2.45, 2.75) is 19.5 Å². The van der Waals surface area contributed by atoms with E-state index in [1.165, 1.54) is 12.1 Å². The number of hydrogen-bond acceptors (Lipinski definition) is 2. The van der Waals surface area contributed by atoms with Gasteiger partial charge in [0.05, 0.1) is 0 Å². The standard InChI is InChI=1S/C16H19FN2/c1-12(18)15-5-3-4-6-16(15)19(2)11-13-7-9-14(17)10-8-13/h3-10,12H,11,18H2,1-2H3/t12-/m1/s1. The monoisotopic (exact) mass is 258 g/mol. The van der Waals surface area contributed by atoms with Crippen molar-refractivity contribution < 1.29 is 4.39 Å². The molecular formula is C16H19FN2. The second kappa shape index (κ2) is 5.85. The lowest BCUT2D eigenvalue weighted by atomic mass is 10.1. The zero-order valence-electron chi connectivity index (χ0n) is 11.3. The molecule has 0 spiro atoms. The summed E-state index contributed by atoms with van der Waals surface area (Å²) in [5.41, 5.74) is 9.29. The van der Waals surface area contributed by atoms with Gasteiger partial charge in [-0.2, -0.15) is 0 Å². The predicted octanol–water partition coefficient (Wildman–Crippen LogP) is 3.48. The lowest BCUT2D eigenvalue weighted by Gasteiger charge is -2.24. The average Bonchev–Trinajstić information content (AvgIpc) is 2.41. The van der Waals surface area contributed by atoms with Gasteiger partial charge in [0.1, 0.15) is 5.82 Å². The van der Waals surface area contributed by atoms with Gasteiger partial charge < -0.3 is 10.6 Å². The van der Waals surface area contributed by atoms with Gasteiger partial charge in [-0.05, 0) is 36.2 Å². The van der Waals surface area contributed by atoms with E-state index in [1.807, 2.05) is 32.2 Å². The Kier molecular flexibility index (Phi) is 4.17. The molecule has 0 fully saturated rings. The van der Waals surface area contributed by atoms with E-state index in [9.17, 15) is 4.39 Å². The lowest BCUT2D eigenvalue weighted by molar-refractivity contribution is 0.627. The Labute approximate surface area is 113 Å². The van der Waals surface area contributed by atoms with Gasteiger partial charge in [-0.1, -0.05) is 30.3 Å². The van der Waals surface area contributed by atoms with Gasteiger partial charge in [0, 0.05) is 25.3 Å². The van der Waals surface area contributed by atoms with E-state index in [0.29, 0.717) is 0 Å². The number of anilines is 1. The Morgan fingerprint density at radius 1 is 1.11 bits per heavy atom. The van der Waals surface area contributed by atoms with Crippen LogP contribution in [0.3, 0.4) is 0 Å². The highest BCUT2D eigenvalue weighted by molar-refractivity contribution is 5.54. The summed E-state index contributed by atoms with van der Waals surface area (Å²) in [4.78, 5) is 2.13. The van der Waals surface area contributed by atoms with Crippen molar-refractivity contribution in [1.82, 2.24) is 0 Å². The molecule has 0 heterocycles. The molecule has 19 heavy (non-hydrogen) atoms. The van der Waals surface area contributed by atoms with E-state index in [4.69, 9.17) is 5.73 Å². The van der Waals surface area contributed by atoms with Crippen LogP contribution in [0.5, 0.6) is 0 Å². The van der Waals surface area contributed by atoms with Crippen LogP contribution in [0.15, 0.2) is 48.5 Å². The topological polar surface area (TPSA) is 29.3 Å². The quantitative estimate of drug-likeness (QED) is 0.909. The number of nitrogens with two attached hydrogens (primary N) is 1. The predicted molar refractivity (Wildman–Crippen MR) is 77.6 cm³/mol. The summed E-state index contributed by atoms with van der Waals surface area (Å²) in [5, 5.41) is 0. The molecule has 2 rings (SSSR count). The number of benzene rings is 2. The third-order valence-electron chi connectivity index (χ3n) is 3.17. The SMILES string of the molecule is C[C@@H](N)c1ccccc1N(C)Cc1ccc(F)cc1. The summed E-state index contributed by atoms with van der Waals surface area (Å²) in [6, 6.07) is 14.7. The number of nitrogens with zero attached hydrogens (tertiary/aromatic N) is 1. The van der Waals surface area contributed by atoms with E-state index >= 15 is 0 Å². The number of halogens is 1. The second-order valence-electron chi connectivity index (χ2n) is 4.83. The van der Waals surface area contributed by atoms with Crippen LogP contribution < -0.4 is 10.6 Å². The van der Waals surface area contributed by atoms with E-state index < -0.39 is 0 Å². The fraction of sp³-hybridized carbons (Fsp3) is 0.250. The molecule has 100 valence electrons. The van der Waals surface area contributed by atoms with E-state index in [1.54, 1.807) is 12.1 Å². The molecule has 0 saturated heterocycles. The first-order chi connectivity index (χ1) is 9.08. The van der Waals surface area contributed by atoms with E-state index in [-0.39, 0.29) is 11.9 Å². The van der Waals surface area contributed by atoms with Gasteiger partial charge in [0.2, 0.25) is 0 Å². The molecule has 2 N–H and O–H groups in total. The van der Waals surface area contributed by atoms with Gasteiger partial charge in [-0.3, -0.25) is 0 Å². The molecule has 0 aliphatic carbocycles. The van der Waals surface area contributed by atoms with Crippen molar-refractivity contribution in [3.8, 4) is 0 Å². The highest BCUT2D eigenvalue weighted by Gasteiger charge is 2.10. The maximum absolute atomic E-state index is 12.9. The fourth-order valence-electron chi connectivity index (χ4n) is 2.17. The molecule has 0 aliphatic rings. The smallest absolute Gasteiger partial charge is 0.123 e. The summed E-state index contributed by atoms with van der Waals surface area (Å²) < 4.78 is 12.9. The molecular weight excluding hydrogens is 239 g/mol. The van der Waals surface area contributed by atoms with E-state index in [2.05, 4.69) is 11.0 Å². The first-order valence-electron chi connectivity index (χ1n) is 6.38. The average molecular weight is 258 g/mol. The molecule has 2 aromatic carbocycles. The van der Waals surface area contributed by atoms with Crippen LogP contribution in [-0.4, -0.2) is 7.05 Å². The lowest BCUT2D eigenvalue weighted by Crippen LogP contribution is -2.20. The minimum Gasteiger partial charge on any atom is -0.370 e. The number of para-hydroxylation sites is 1. The highest BCUT2D eigenvalue weighted by atomic mass is 19.1. The van der Waals surface area contributed by atoms with Crippen molar-refractivity contribution in [2.75, 3.05) is 11.9 Å². The molecule has 0 unspecified atom stereocenters. The van der Waals surface area contributed by atoms with Crippen molar-refractivity contribution in [1.29, 1.82) is 0 Å². The number of hydrogen-bond donors (Lipinski definition) is 1. The van der Waals surface area contributed by atoms with Crippen LogP contribution >= 0.6 is 0 Å². The van der Waals surface area contributed by atoms with Crippen LogP contribution in [0.1, 0.15) is 24.1 Å². The van der Waals surface area contributed by atoms with Gasteiger partial charge in [-0.15, -0.1) is 0 Å². The van der Waals surface area contributed by atoms with Crippen LogP contribution in [0.4, 0.5) is 10.1 Å². The van der Waals surface area contributed by atoms with Crippen LogP contribution in [0, 0.1) is 5.82 Å². The van der Waals surface area contributed by atoms with Crippen molar-refractivity contribution in [3.63, 3.8) is 0 Å². The summed E-state index contributed by atoms with van der Waals surface area (Å²) >= 11 is 0. The molecule has 0 amide bonds. The molecule has 2 nitrogen and oxygen atoms in total. The van der Waals surface area contributed by atoms with Crippen molar-refractivity contribution in [2.24, 2.45) is 5.73 Å². The van der Waals surface area contributed by atoms with Crippen molar-refractivity contribution >= 4 is 5.69 Å². The first kappa shape index (κ1) is 13.6. The molecule has 0 saturated carbocycles. The summed E-state index contributed by atoms with van der Waals surface area (Å²) in [6.45, 7) is 2.70. The van der Waals surface area contributed by atoms with Gasteiger partial charge in [0.15, 0.2) is 0 Å². The minimum atomic E-state index is -0.206. The molecule has 0 radical (unpaired) electrons. The maximum Gasteiger partial charge on any atom is 0.123 e. The third-order valence-corrected chi connectivity index (χ3v) is 3.17. The Bertz CT molecular complexity index is 535.